The fraction of sp³-hybridized carbons (Fsp3) is 0.391. The van der Waals surface area contributed by atoms with E-state index in [1.165, 1.54) is 0 Å². The summed E-state index contributed by atoms with van der Waals surface area (Å²) in [5, 5.41) is 0. The highest BCUT2D eigenvalue weighted by molar-refractivity contribution is 5.97. The summed E-state index contributed by atoms with van der Waals surface area (Å²) in [4.78, 5) is 21.2. The van der Waals surface area contributed by atoms with Crippen LogP contribution in [0.5, 0.6) is 0 Å². The fourth-order valence-electron chi connectivity index (χ4n) is 3.38. The van der Waals surface area contributed by atoms with Crippen LogP contribution in [0.2, 0.25) is 0 Å². The number of pyridine rings is 1. The van der Waals surface area contributed by atoms with Gasteiger partial charge in [-0.3, -0.25) is 4.90 Å². The first-order valence-corrected chi connectivity index (χ1v) is 9.97. The molecule has 146 valence electrons. The number of hydrogen-bond acceptors (Lipinski definition) is 5. The smallest absolute Gasteiger partial charge is 0.342 e. The molecule has 5 heteroatoms. The Kier molecular flexibility index (Phi) is 7.05. The molecule has 0 N–H and O–H groups in total. The summed E-state index contributed by atoms with van der Waals surface area (Å²) in [6.07, 6.45) is 2.57. The van der Waals surface area contributed by atoms with Crippen molar-refractivity contribution in [3.05, 3.63) is 59.3 Å². The molecule has 0 spiro atoms. The van der Waals surface area contributed by atoms with E-state index >= 15 is 0 Å². The van der Waals surface area contributed by atoms with Gasteiger partial charge in [0.1, 0.15) is 11.4 Å². The van der Waals surface area contributed by atoms with E-state index in [-0.39, 0.29) is 5.97 Å². The molecule has 4 rings (SSSR count). The van der Waals surface area contributed by atoms with Crippen LogP contribution in [0, 0.1) is 11.8 Å². The van der Waals surface area contributed by atoms with E-state index in [1.54, 1.807) is 6.20 Å². The predicted molar refractivity (Wildman–Crippen MR) is 112 cm³/mol. The number of benzene rings is 1. The topological polar surface area (TPSA) is 45.7 Å². The van der Waals surface area contributed by atoms with Crippen molar-refractivity contribution >= 4 is 11.8 Å². The Bertz CT molecular complexity index is 847. The zero-order valence-corrected chi connectivity index (χ0v) is 16.6. The molecule has 0 aliphatic carbocycles. The number of hydrogen-bond donors (Lipinski definition) is 0. The molecule has 0 saturated carbocycles. The van der Waals surface area contributed by atoms with Crippen LogP contribution in [0.15, 0.2) is 42.6 Å². The van der Waals surface area contributed by atoms with E-state index in [0.717, 1.165) is 56.1 Å². The summed E-state index contributed by atoms with van der Waals surface area (Å²) in [5.74, 6) is 6.97. The van der Waals surface area contributed by atoms with Crippen molar-refractivity contribution in [2.45, 2.75) is 20.3 Å². The quantitative estimate of drug-likeness (QED) is 0.595. The Morgan fingerprint density at radius 2 is 1.82 bits per heavy atom. The Morgan fingerprint density at radius 1 is 1.07 bits per heavy atom. The largest absolute Gasteiger partial charge is 0.462 e. The maximum absolute atomic E-state index is 12.2. The second-order valence-corrected chi connectivity index (χ2v) is 6.49. The SMILES string of the molecule is CC.O=C1OCCc2ccnc(N3CCN(CC#Cc4ccccc4)CC3)c21. The number of rotatable bonds is 2. The maximum Gasteiger partial charge on any atom is 0.342 e. The molecule has 3 heterocycles. The average Bonchev–Trinajstić information content (AvgIpc) is 2.76. The molecule has 1 aromatic carbocycles. The highest BCUT2D eigenvalue weighted by atomic mass is 16.5. The van der Waals surface area contributed by atoms with E-state index in [1.807, 2.05) is 50.2 Å². The minimum absolute atomic E-state index is 0.245. The molecule has 0 bridgehead atoms. The minimum atomic E-state index is -0.245. The highest BCUT2D eigenvalue weighted by Crippen LogP contribution is 2.26. The number of cyclic esters (lactones) is 1. The molecule has 2 aromatic rings. The van der Waals surface area contributed by atoms with Crippen LogP contribution in [-0.2, 0) is 11.2 Å². The van der Waals surface area contributed by atoms with Gasteiger partial charge >= 0.3 is 5.97 Å². The summed E-state index contributed by atoms with van der Waals surface area (Å²) < 4.78 is 5.22. The number of anilines is 1. The summed E-state index contributed by atoms with van der Waals surface area (Å²) in [6, 6.07) is 12.0. The van der Waals surface area contributed by atoms with Crippen LogP contribution in [-0.4, -0.2) is 55.2 Å². The summed E-state index contributed by atoms with van der Waals surface area (Å²) in [6.45, 7) is 8.70. The Labute approximate surface area is 167 Å². The maximum atomic E-state index is 12.2. The standard InChI is InChI=1S/C21H21N3O2.C2H6/c25-21-19-18(9-16-26-21)8-10-22-20(19)24-14-12-23(13-15-24)11-4-7-17-5-2-1-3-6-17;1-2/h1-3,5-6,8,10H,9,11-16H2;1-2H3. The molecule has 2 aliphatic heterocycles. The van der Waals surface area contributed by atoms with Crippen molar-refractivity contribution in [1.29, 1.82) is 0 Å². The zero-order chi connectivity index (χ0) is 19.8. The number of fused-ring (bicyclic) bond motifs is 1. The lowest BCUT2D eigenvalue weighted by Gasteiger charge is -2.35. The molecule has 2 aliphatic rings. The van der Waals surface area contributed by atoms with Gasteiger partial charge in [-0.05, 0) is 23.8 Å². The van der Waals surface area contributed by atoms with Gasteiger partial charge in [0.25, 0.3) is 0 Å². The second kappa shape index (κ2) is 9.91. The number of nitrogens with zero attached hydrogens (tertiary/aromatic N) is 3. The second-order valence-electron chi connectivity index (χ2n) is 6.49. The number of carbonyl (C=O) groups is 1. The normalized spacial score (nSPS) is 16.1. The van der Waals surface area contributed by atoms with Gasteiger partial charge in [-0.15, -0.1) is 0 Å². The minimum Gasteiger partial charge on any atom is -0.462 e. The van der Waals surface area contributed by atoms with Gasteiger partial charge in [0.15, 0.2) is 0 Å². The van der Waals surface area contributed by atoms with Crippen molar-refractivity contribution in [3.63, 3.8) is 0 Å². The van der Waals surface area contributed by atoms with Crippen LogP contribution in [0.1, 0.15) is 35.3 Å². The third-order valence-electron chi connectivity index (χ3n) is 4.81. The lowest BCUT2D eigenvalue weighted by molar-refractivity contribution is 0.0480. The molecule has 5 nitrogen and oxygen atoms in total. The first kappa shape index (κ1) is 19.9. The van der Waals surface area contributed by atoms with Crippen molar-refractivity contribution in [2.75, 3.05) is 44.2 Å². The van der Waals surface area contributed by atoms with E-state index in [0.29, 0.717) is 12.2 Å². The van der Waals surface area contributed by atoms with Crippen molar-refractivity contribution in [1.82, 2.24) is 9.88 Å². The van der Waals surface area contributed by atoms with Crippen LogP contribution in [0.3, 0.4) is 0 Å². The number of aromatic nitrogens is 1. The van der Waals surface area contributed by atoms with Gasteiger partial charge in [0, 0.05) is 44.4 Å². The third-order valence-corrected chi connectivity index (χ3v) is 4.81. The van der Waals surface area contributed by atoms with Crippen molar-refractivity contribution in [2.24, 2.45) is 0 Å². The van der Waals surface area contributed by atoms with E-state index in [2.05, 4.69) is 26.6 Å². The van der Waals surface area contributed by atoms with Crippen LogP contribution >= 0.6 is 0 Å². The van der Waals surface area contributed by atoms with Gasteiger partial charge in [-0.1, -0.05) is 43.9 Å². The van der Waals surface area contributed by atoms with E-state index in [9.17, 15) is 4.79 Å². The molecule has 1 fully saturated rings. The number of ether oxygens (including phenoxy) is 1. The molecule has 1 aromatic heterocycles. The third kappa shape index (κ3) is 4.71. The number of piperazine rings is 1. The summed E-state index contributed by atoms with van der Waals surface area (Å²) in [5.41, 5.74) is 2.74. The Balaban J connectivity index is 0.00000109. The van der Waals surface area contributed by atoms with Crippen LogP contribution < -0.4 is 4.90 Å². The molecule has 1 saturated heterocycles. The molecular weight excluding hydrogens is 350 g/mol. The predicted octanol–water partition coefficient (Wildman–Crippen LogP) is 2.99. The van der Waals surface area contributed by atoms with Gasteiger partial charge in [0.05, 0.1) is 13.2 Å². The van der Waals surface area contributed by atoms with Crippen LogP contribution in [0.4, 0.5) is 5.82 Å². The number of carbonyl (C=O) groups excluding carboxylic acids is 1. The van der Waals surface area contributed by atoms with Gasteiger partial charge < -0.3 is 9.64 Å². The lowest BCUT2D eigenvalue weighted by Crippen LogP contribution is -2.47. The lowest BCUT2D eigenvalue weighted by atomic mass is 10.0. The first-order valence-electron chi connectivity index (χ1n) is 9.97. The van der Waals surface area contributed by atoms with Crippen molar-refractivity contribution in [3.8, 4) is 11.8 Å². The Morgan fingerprint density at radius 3 is 2.57 bits per heavy atom. The van der Waals surface area contributed by atoms with Crippen LogP contribution in [0.25, 0.3) is 0 Å². The van der Waals surface area contributed by atoms with Crippen molar-refractivity contribution < 1.29 is 9.53 Å². The molecule has 0 amide bonds. The highest BCUT2D eigenvalue weighted by Gasteiger charge is 2.27. The van der Waals surface area contributed by atoms with E-state index < -0.39 is 0 Å². The van der Waals surface area contributed by atoms with E-state index in [4.69, 9.17) is 4.74 Å². The fourth-order valence-corrected chi connectivity index (χ4v) is 3.38. The summed E-state index contributed by atoms with van der Waals surface area (Å²) >= 11 is 0. The average molecular weight is 377 g/mol. The van der Waals surface area contributed by atoms with Gasteiger partial charge in [0.2, 0.25) is 0 Å². The number of esters is 1. The molecular formula is C23H27N3O2. The Hall–Kier alpha value is -2.84. The zero-order valence-electron chi connectivity index (χ0n) is 16.6. The monoisotopic (exact) mass is 377 g/mol. The molecule has 28 heavy (non-hydrogen) atoms. The van der Waals surface area contributed by atoms with Gasteiger partial charge in [-0.25, -0.2) is 9.78 Å². The molecule has 0 unspecified atom stereocenters. The first-order chi connectivity index (χ1) is 13.8. The summed E-state index contributed by atoms with van der Waals surface area (Å²) in [7, 11) is 0. The van der Waals surface area contributed by atoms with Gasteiger partial charge in [-0.2, -0.15) is 0 Å². The molecule has 0 radical (unpaired) electrons. The molecule has 0 atom stereocenters.